The van der Waals surface area contributed by atoms with Crippen molar-refractivity contribution in [2.24, 2.45) is 0 Å². The zero-order valence-electron chi connectivity index (χ0n) is 12.4. The zero-order valence-corrected chi connectivity index (χ0v) is 13.2. The van der Waals surface area contributed by atoms with Gasteiger partial charge in [0.05, 0.1) is 13.5 Å². The fraction of sp³-hybridized carbons (Fsp3) is 0.176. The molecule has 0 aliphatic rings. The van der Waals surface area contributed by atoms with E-state index in [1.54, 1.807) is 19.2 Å². The fourth-order valence-electron chi connectivity index (χ4n) is 2.31. The number of hydrogen-bond acceptors (Lipinski definition) is 4. The second-order valence-electron chi connectivity index (χ2n) is 4.97. The average molecular weight is 333 g/mol. The van der Waals surface area contributed by atoms with E-state index < -0.39 is 0 Å². The van der Waals surface area contributed by atoms with Gasteiger partial charge in [0.2, 0.25) is 5.89 Å². The molecule has 0 saturated carbocycles. The van der Waals surface area contributed by atoms with Gasteiger partial charge in [-0.2, -0.15) is 4.98 Å². The standard InChI is InChI=1S/C17H14ClFN2O2/c1-22-15-8-3-2-5-11(15)9-16-20-17(23-21-16)10-12-13(18)6-4-7-14(12)19/h2-8H,9-10H2,1H3. The third kappa shape index (κ3) is 3.51. The second-order valence-corrected chi connectivity index (χ2v) is 5.38. The van der Waals surface area contributed by atoms with Crippen LogP contribution in [0.1, 0.15) is 22.8 Å². The number of aromatic nitrogens is 2. The average Bonchev–Trinajstić information content (AvgIpc) is 2.99. The van der Waals surface area contributed by atoms with Crippen molar-refractivity contribution in [3.63, 3.8) is 0 Å². The van der Waals surface area contributed by atoms with Gasteiger partial charge in [0, 0.05) is 22.6 Å². The lowest BCUT2D eigenvalue weighted by Gasteiger charge is -2.05. The molecule has 0 radical (unpaired) electrons. The van der Waals surface area contributed by atoms with Crippen LogP contribution in [-0.4, -0.2) is 17.3 Å². The van der Waals surface area contributed by atoms with Crippen LogP contribution < -0.4 is 4.74 Å². The van der Waals surface area contributed by atoms with Crippen LogP contribution in [0.2, 0.25) is 5.02 Å². The van der Waals surface area contributed by atoms with Crippen LogP contribution in [0.3, 0.4) is 0 Å². The zero-order chi connectivity index (χ0) is 16.2. The van der Waals surface area contributed by atoms with Crippen LogP contribution in [-0.2, 0) is 12.8 Å². The maximum Gasteiger partial charge on any atom is 0.231 e. The fourth-order valence-corrected chi connectivity index (χ4v) is 2.54. The Bertz CT molecular complexity index is 800. The minimum Gasteiger partial charge on any atom is -0.496 e. The largest absolute Gasteiger partial charge is 0.496 e. The molecule has 23 heavy (non-hydrogen) atoms. The van der Waals surface area contributed by atoms with Crippen molar-refractivity contribution in [1.29, 1.82) is 0 Å². The lowest BCUT2D eigenvalue weighted by molar-refractivity contribution is 0.378. The Hall–Kier alpha value is -2.40. The number of halogens is 2. The van der Waals surface area contributed by atoms with E-state index in [1.165, 1.54) is 6.07 Å². The minimum atomic E-state index is -0.387. The topological polar surface area (TPSA) is 48.2 Å². The highest BCUT2D eigenvalue weighted by Crippen LogP contribution is 2.23. The Kier molecular flexibility index (Phi) is 4.57. The van der Waals surface area contributed by atoms with Gasteiger partial charge in [-0.05, 0) is 18.2 Å². The maximum atomic E-state index is 13.8. The molecule has 3 rings (SSSR count). The number of nitrogens with zero attached hydrogens (tertiary/aromatic N) is 2. The number of hydrogen-bond donors (Lipinski definition) is 0. The van der Waals surface area contributed by atoms with Gasteiger partial charge in [0.15, 0.2) is 5.82 Å². The van der Waals surface area contributed by atoms with Crippen molar-refractivity contribution in [2.75, 3.05) is 7.11 Å². The smallest absolute Gasteiger partial charge is 0.231 e. The van der Waals surface area contributed by atoms with E-state index in [9.17, 15) is 4.39 Å². The predicted octanol–water partition coefficient (Wildman–Crippen LogP) is 4.05. The van der Waals surface area contributed by atoms with Crippen molar-refractivity contribution in [3.8, 4) is 5.75 Å². The van der Waals surface area contributed by atoms with Crippen molar-refractivity contribution >= 4 is 11.6 Å². The Balaban J connectivity index is 1.78. The Morgan fingerprint density at radius 1 is 1.13 bits per heavy atom. The Morgan fingerprint density at radius 2 is 1.96 bits per heavy atom. The molecule has 118 valence electrons. The summed E-state index contributed by atoms with van der Waals surface area (Å²) in [6.45, 7) is 0. The van der Waals surface area contributed by atoms with Gasteiger partial charge in [-0.25, -0.2) is 4.39 Å². The molecular formula is C17H14ClFN2O2. The molecule has 0 aliphatic carbocycles. The van der Waals surface area contributed by atoms with Gasteiger partial charge in [0.1, 0.15) is 11.6 Å². The predicted molar refractivity (Wildman–Crippen MR) is 84.3 cm³/mol. The molecule has 1 aromatic heterocycles. The number of methoxy groups -OCH3 is 1. The van der Waals surface area contributed by atoms with Crippen LogP contribution in [0.15, 0.2) is 47.0 Å². The first-order chi connectivity index (χ1) is 11.2. The summed E-state index contributed by atoms with van der Waals surface area (Å²) in [5, 5.41) is 4.28. The molecule has 0 spiro atoms. The second kappa shape index (κ2) is 6.79. The molecule has 2 aromatic carbocycles. The lowest BCUT2D eigenvalue weighted by Crippen LogP contribution is -1.97. The molecule has 0 aliphatic heterocycles. The van der Waals surface area contributed by atoms with Crippen LogP contribution in [0.25, 0.3) is 0 Å². The summed E-state index contributed by atoms with van der Waals surface area (Å²) in [7, 11) is 1.61. The summed E-state index contributed by atoms with van der Waals surface area (Å²) in [4.78, 5) is 4.30. The summed E-state index contributed by atoms with van der Waals surface area (Å²) in [5.74, 6) is 1.21. The molecule has 1 heterocycles. The van der Waals surface area contributed by atoms with Crippen LogP contribution in [0.5, 0.6) is 5.75 Å². The van der Waals surface area contributed by atoms with Crippen molar-refractivity contribution < 1.29 is 13.7 Å². The maximum absolute atomic E-state index is 13.8. The van der Waals surface area contributed by atoms with Gasteiger partial charge >= 0.3 is 0 Å². The van der Waals surface area contributed by atoms with E-state index in [-0.39, 0.29) is 12.2 Å². The molecule has 0 atom stereocenters. The molecule has 0 N–H and O–H groups in total. The van der Waals surface area contributed by atoms with Gasteiger partial charge in [0.25, 0.3) is 0 Å². The molecule has 0 saturated heterocycles. The monoisotopic (exact) mass is 332 g/mol. The van der Waals surface area contributed by atoms with Crippen LogP contribution in [0.4, 0.5) is 4.39 Å². The number of ether oxygens (including phenoxy) is 1. The summed E-state index contributed by atoms with van der Waals surface area (Å²) in [5.41, 5.74) is 1.30. The quantitative estimate of drug-likeness (QED) is 0.707. The third-order valence-electron chi connectivity index (χ3n) is 3.44. The summed E-state index contributed by atoms with van der Waals surface area (Å²) < 4.78 is 24.3. The summed E-state index contributed by atoms with van der Waals surface area (Å²) in [6, 6.07) is 12.2. The first-order valence-electron chi connectivity index (χ1n) is 7.03. The van der Waals surface area contributed by atoms with E-state index in [2.05, 4.69) is 10.1 Å². The van der Waals surface area contributed by atoms with Gasteiger partial charge < -0.3 is 9.26 Å². The van der Waals surface area contributed by atoms with Gasteiger partial charge in [-0.1, -0.05) is 41.0 Å². The molecule has 0 amide bonds. The minimum absolute atomic E-state index is 0.157. The van der Waals surface area contributed by atoms with E-state index >= 15 is 0 Å². The molecule has 0 fully saturated rings. The van der Waals surface area contributed by atoms with Crippen molar-refractivity contribution in [3.05, 3.63) is 76.1 Å². The van der Waals surface area contributed by atoms with E-state index in [4.69, 9.17) is 20.9 Å². The highest BCUT2D eigenvalue weighted by atomic mass is 35.5. The van der Waals surface area contributed by atoms with Gasteiger partial charge in [-0.15, -0.1) is 0 Å². The highest BCUT2D eigenvalue weighted by Gasteiger charge is 2.14. The highest BCUT2D eigenvalue weighted by molar-refractivity contribution is 6.31. The number of benzene rings is 2. The molecule has 4 nitrogen and oxygen atoms in total. The number of rotatable bonds is 5. The molecule has 0 bridgehead atoms. The Morgan fingerprint density at radius 3 is 2.74 bits per heavy atom. The first kappa shape index (κ1) is 15.5. The normalized spacial score (nSPS) is 10.7. The first-order valence-corrected chi connectivity index (χ1v) is 7.41. The Labute approximate surface area is 137 Å². The van der Waals surface area contributed by atoms with Crippen LogP contribution >= 0.6 is 11.6 Å². The van der Waals surface area contributed by atoms with Gasteiger partial charge in [-0.3, -0.25) is 0 Å². The third-order valence-corrected chi connectivity index (χ3v) is 3.80. The molecule has 0 unspecified atom stereocenters. The molecule has 3 aromatic rings. The van der Waals surface area contributed by atoms with E-state index in [0.717, 1.165) is 11.3 Å². The SMILES string of the molecule is COc1ccccc1Cc1noc(Cc2c(F)cccc2Cl)n1. The van der Waals surface area contributed by atoms with E-state index in [1.807, 2.05) is 24.3 Å². The summed E-state index contributed by atoms with van der Waals surface area (Å²) >= 11 is 6.01. The molecular weight excluding hydrogens is 319 g/mol. The van der Waals surface area contributed by atoms with Crippen molar-refractivity contribution in [1.82, 2.24) is 10.1 Å². The molecule has 6 heteroatoms. The summed E-state index contributed by atoms with van der Waals surface area (Å²) in [6.07, 6.45) is 0.628. The number of para-hydroxylation sites is 1. The lowest BCUT2D eigenvalue weighted by atomic mass is 10.1. The van der Waals surface area contributed by atoms with Crippen molar-refractivity contribution in [2.45, 2.75) is 12.8 Å². The van der Waals surface area contributed by atoms with Crippen LogP contribution in [0, 0.1) is 5.82 Å². The van der Waals surface area contributed by atoms with E-state index in [0.29, 0.717) is 28.7 Å².